The molecule has 3 heteroatoms. The molecule has 4 rings (SSSR count). The van der Waals surface area contributed by atoms with Crippen molar-refractivity contribution in [2.75, 3.05) is 28.4 Å². The van der Waals surface area contributed by atoms with E-state index in [-0.39, 0.29) is 32.7 Å². The second-order valence-corrected chi connectivity index (χ2v) is 6.12. The smallest absolute Gasteiger partial charge is 0.0351 e. The number of hydrogen-bond donors (Lipinski definition) is 0. The van der Waals surface area contributed by atoms with Crippen LogP contribution in [0, 0.1) is 12.1 Å². The van der Waals surface area contributed by atoms with Gasteiger partial charge in [-0.1, -0.05) is 130 Å². The molecule has 0 heterocycles. The van der Waals surface area contributed by atoms with Gasteiger partial charge in [0.05, 0.1) is 0 Å². The Hall–Kier alpha value is -2.10. The standard InChI is InChI=1S/C13H12.2C6H5.2C2H6O.5C2H6.Y/c1-3-7-12(8-4-1)11-13-9-5-2-6-10-13;2*1-2-4-6-5-3-1;2*1-3-2;5*1-2;/h1-10H,11H2;2*1-5H;2*1-2H3;5*1-2H3;/q;2*-1;;;;;;;;. The maximum absolute atomic E-state index is 4.25. The molecular weight excluding hydrogens is 589 g/mol. The molecule has 0 aliphatic carbocycles. The molecule has 2 nitrogen and oxygen atoms in total. The van der Waals surface area contributed by atoms with E-state index in [0.717, 1.165) is 6.42 Å². The minimum atomic E-state index is 0. The molecule has 4 aromatic rings. The quantitative estimate of drug-likeness (QED) is 0.200. The molecule has 0 spiro atoms. The van der Waals surface area contributed by atoms with Crippen LogP contribution in [0.2, 0.25) is 0 Å². The van der Waals surface area contributed by atoms with Crippen LogP contribution in [0.4, 0.5) is 0 Å². The van der Waals surface area contributed by atoms with Crippen LogP contribution >= 0.6 is 0 Å². The summed E-state index contributed by atoms with van der Waals surface area (Å²) in [5.41, 5.74) is 2.74. The van der Waals surface area contributed by atoms with Crippen LogP contribution < -0.4 is 0 Å². The number of rotatable bonds is 2. The first-order chi connectivity index (χ1) is 20.3. The van der Waals surface area contributed by atoms with Crippen LogP contribution in [0.25, 0.3) is 0 Å². The van der Waals surface area contributed by atoms with Gasteiger partial charge in [-0.15, -0.1) is 0 Å². The van der Waals surface area contributed by atoms with E-state index in [1.165, 1.54) is 11.1 Å². The molecule has 0 saturated heterocycles. The molecule has 0 atom stereocenters. The molecule has 0 aliphatic rings. The van der Waals surface area contributed by atoms with E-state index in [4.69, 9.17) is 0 Å². The average molecular weight is 654 g/mol. The molecule has 0 fully saturated rings. The number of hydrogen-bond acceptors (Lipinski definition) is 2. The van der Waals surface area contributed by atoms with Crippen molar-refractivity contribution in [3.05, 3.63) is 145 Å². The molecule has 0 aliphatic heterocycles. The van der Waals surface area contributed by atoms with Crippen molar-refractivity contribution < 1.29 is 42.2 Å². The van der Waals surface area contributed by atoms with Crippen LogP contribution in [0.15, 0.2) is 121 Å². The van der Waals surface area contributed by atoms with Gasteiger partial charge >= 0.3 is 0 Å². The molecule has 4 aromatic carbocycles. The zero-order valence-electron chi connectivity index (χ0n) is 29.6. The third kappa shape index (κ3) is 57.7. The van der Waals surface area contributed by atoms with E-state index in [9.17, 15) is 0 Å². The summed E-state index contributed by atoms with van der Waals surface area (Å²) in [6, 6.07) is 46.1. The van der Waals surface area contributed by atoms with Gasteiger partial charge in [0.2, 0.25) is 0 Å². The molecule has 0 aromatic heterocycles. The predicted molar refractivity (Wildman–Crippen MR) is 189 cm³/mol. The Labute approximate surface area is 289 Å². The third-order valence-corrected chi connectivity index (χ3v) is 3.31. The number of ether oxygens (including phenoxy) is 2. The van der Waals surface area contributed by atoms with Crippen LogP contribution in [0.3, 0.4) is 0 Å². The molecule has 1 radical (unpaired) electrons. The first-order valence-corrected chi connectivity index (χ1v) is 15.0. The summed E-state index contributed by atoms with van der Waals surface area (Å²) in [6.07, 6.45) is 1.03. The Morgan fingerprint density at radius 3 is 0.714 bits per heavy atom. The van der Waals surface area contributed by atoms with Gasteiger partial charge in [0.25, 0.3) is 0 Å². The summed E-state index contributed by atoms with van der Waals surface area (Å²) in [6.45, 7) is 20.0. The van der Waals surface area contributed by atoms with Gasteiger partial charge in [0.15, 0.2) is 0 Å². The van der Waals surface area contributed by atoms with E-state index in [1.807, 2.05) is 130 Å². The van der Waals surface area contributed by atoms with Crippen molar-refractivity contribution >= 4 is 0 Å². The Morgan fingerprint density at radius 2 is 0.571 bits per heavy atom. The fraction of sp³-hybridized carbons (Fsp3) is 0.385. The van der Waals surface area contributed by atoms with Gasteiger partial charge in [-0.05, 0) is 17.5 Å². The minimum Gasteiger partial charge on any atom is -0.388 e. The first kappa shape index (κ1) is 55.8. The van der Waals surface area contributed by atoms with Gasteiger partial charge < -0.3 is 9.47 Å². The second kappa shape index (κ2) is 66.9. The van der Waals surface area contributed by atoms with Gasteiger partial charge in [0.1, 0.15) is 0 Å². The van der Waals surface area contributed by atoms with Gasteiger partial charge in [-0.25, -0.2) is 0 Å². The fourth-order valence-electron chi connectivity index (χ4n) is 2.11. The topological polar surface area (TPSA) is 18.5 Å². The van der Waals surface area contributed by atoms with Gasteiger partial charge in [-0.3, -0.25) is 0 Å². The van der Waals surface area contributed by atoms with Crippen molar-refractivity contribution in [1.82, 2.24) is 0 Å². The molecule has 0 saturated carbocycles. The Bertz CT molecular complexity index is 672. The Balaban J connectivity index is -0.0000000731. The fourth-order valence-corrected chi connectivity index (χ4v) is 2.11. The van der Waals surface area contributed by atoms with Gasteiger partial charge in [-0.2, -0.15) is 72.8 Å². The normalized spacial score (nSPS) is 6.90. The Kier molecular flexibility index (Phi) is 88.9. The van der Waals surface area contributed by atoms with Crippen molar-refractivity contribution in [2.24, 2.45) is 0 Å². The van der Waals surface area contributed by atoms with Crippen LogP contribution in [-0.4, -0.2) is 28.4 Å². The third-order valence-electron chi connectivity index (χ3n) is 3.31. The predicted octanol–water partition coefficient (Wildman–Crippen LogP) is 11.9. The zero-order chi connectivity index (χ0) is 32.8. The minimum absolute atomic E-state index is 0. The van der Waals surface area contributed by atoms with E-state index in [2.05, 4.69) is 82.3 Å². The van der Waals surface area contributed by atoms with Crippen molar-refractivity contribution in [3.63, 3.8) is 0 Å². The van der Waals surface area contributed by atoms with Crippen molar-refractivity contribution in [1.29, 1.82) is 0 Å². The molecule has 0 N–H and O–H groups in total. The summed E-state index contributed by atoms with van der Waals surface area (Å²) in [4.78, 5) is 0. The first-order valence-electron chi connectivity index (χ1n) is 15.0. The van der Waals surface area contributed by atoms with Crippen LogP contribution in [0.1, 0.15) is 80.4 Å². The van der Waals surface area contributed by atoms with Gasteiger partial charge in [0, 0.05) is 61.1 Å². The maximum Gasteiger partial charge on any atom is 0.0351 e. The summed E-state index contributed by atoms with van der Waals surface area (Å²) in [5, 5.41) is 0. The number of methoxy groups -OCH3 is 2. The second-order valence-electron chi connectivity index (χ2n) is 6.12. The number of benzene rings is 4. The van der Waals surface area contributed by atoms with E-state index < -0.39 is 0 Å². The molecule has 0 amide bonds. The molecule has 0 unspecified atom stereocenters. The van der Waals surface area contributed by atoms with E-state index in [0.29, 0.717) is 0 Å². The van der Waals surface area contributed by atoms with Crippen LogP contribution in [-0.2, 0) is 48.6 Å². The largest absolute Gasteiger partial charge is 0.388 e. The van der Waals surface area contributed by atoms with E-state index in [1.54, 1.807) is 28.4 Å². The molecule has 42 heavy (non-hydrogen) atoms. The monoisotopic (exact) mass is 653 g/mol. The van der Waals surface area contributed by atoms with Crippen molar-refractivity contribution in [3.8, 4) is 0 Å². The average Bonchev–Trinajstić information content (AvgIpc) is 3.10. The van der Waals surface area contributed by atoms with Crippen molar-refractivity contribution in [2.45, 2.75) is 75.7 Å². The molecular formula is C39H64O2Y-2. The maximum atomic E-state index is 4.25. The Morgan fingerprint density at radius 1 is 0.381 bits per heavy atom. The molecule has 237 valence electrons. The van der Waals surface area contributed by atoms with E-state index >= 15 is 0 Å². The summed E-state index contributed by atoms with van der Waals surface area (Å²) < 4.78 is 8.50. The SMILES string of the molecule is CC.CC.CC.CC.CC.COC.COC.[Y].[c-]1ccccc1.[c-]1ccccc1.c1ccc(Cc2ccccc2)cc1. The summed E-state index contributed by atoms with van der Waals surface area (Å²) in [5.74, 6) is 0. The van der Waals surface area contributed by atoms with Crippen LogP contribution in [0.5, 0.6) is 0 Å². The summed E-state index contributed by atoms with van der Waals surface area (Å²) >= 11 is 0. The summed E-state index contributed by atoms with van der Waals surface area (Å²) in [7, 11) is 6.50. The zero-order valence-corrected chi connectivity index (χ0v) is 32.5. The molecule has 0 bridgehead atoms.